The topological polar surface area (TPSA) is 99.2 Å². The Morgan fingerprint density at radius 1 is 1.24 bits per heavy atom. The summed E-state index contributed by atoms with van der Waals surface area (Å²) in [6.45, 7) is 3.51. The van der Waals surface area contributed by atoms with Gasteiger partial charge in [0.1, 0.15) is 24.9 Å². The lowest BCUT2D eigenvalue weighted by molar-refractivity contribution is -0.150. The van der Waals surface area contributed by atoms with Crippen LogP contribution in [-0.4, -0.2) is 62.1 Å². The number of hydrogen-bond acceptors (Lipinski definition) is 7. The van der Waals surface area contributed by atoms with E-state index in [9.17, 15) is 18.0 Å². The minimum absolute atomic E-state index is 0.0442. The maximum atomic E-state index is 15.2. The number of alkyl halides is 1. The van der Waals surface area contributed by atoms with E-state index in [1.165, 1.54) is 0 Å². The van der Waals surface area contributed by atoms with Crippen LogP contribution in [0.4, 0.5) is 9.18 Å². The number of ether oxygens (including phenoxy) is 2. The molecule has 0 saturated carbocycles. The zero-order valence-corrected chi connectivity index (χ0v) is 17.7. The Balaban J connectivity index is 2.15. The minimum Gasteiger partial charge on any atom is -0.459 e. The molecule has 0 N–H and O–H groups in total. The second kappa shape index (κ2) is 8.66. The third kappa shape index (κ3) is 7.28. The number of benzene rings is 1. The van der Waals surface area contributed by atoms with E-state index in [4.69, 9.17) is 9.47 Å². The van der Waals surface area contributed by atoms with Crippen LogP contribution in [0.25, 0.3) is 0 Å². The molecule has 0 spiro atoms. The standard InChI is InChI=1S/C19H26FNO7S/c1-18(2,3)28-17(23)21-12-19(20,13-27-29(4,24)25)10-15(21)16(22)26-11-14-8-6-5-7-9-14/h5-9,15H,10-13H2,1-4H3/t15-,19+/m0/s1. The fraction of sp³-hybridized carbons (Fsp3) is 0.579. The molecule has 1 aliphatic rings. The molecule has 10 heteroatoms. The van der Waals surface area contributed by atoms with E-state index < -0.39 is 59.1 Å². The van der Waals surface area contributed by atoms with Crippen LogP contribution in [0.3, 0.4) is 0 Å². The van der Waals surface area contributed by atoms with Crippen LogP contribution in [0.1, 0.15) is 32.8 Å². The average Bonchev–Trinajstić information content (AvgIpc) is 2.96. The fourth-order valence-corrected chi connectivity index (χ4v) is 3.23. The average molecular weight is 431 g/mol. The van der Waals surface area contributed by atoms with Gasteiger partial charge in [-0.3, -0.25) is 9.08 Å². The van der Waals surface area contributed by atoms with E-state index in [-0.39, 0.29) is 6.61 Å². The SMILES string of the molecule is CC(C)(C)OC(=O)N1C[C@@](F)(COS(C)(=O)=O)C[C@H]1C(=O)OCc1ccccc1. The third-order valence-corrected chi connectivity index (χ3v) is 4.59. The number of likely N-dealkylation sites (tertiary alicyclic amines) is 1. The second-order valence-electron chi connectivity index (χ2n) is 8.04. The molecule has 162 valence electrons. The van der Waals surface area contributed by atoms with Gasteiger partial charge in [0.25, 0.3) is 10.1 Å². The molecule has 8 nitrogen and oxygen atoms in total. The van der Waals surface area contributed by atoms with Crippen LogP contribution in [0.2, 0.25) is 0 Å². The molecule has 1 heterocycles. The number of rotatable bonds is 6. The molecular formula is C19H26FNO7S. The van der Waals surface area contributed by atoms with Gasteiger partial charge in [0.05, 0.1) is 12.8 Å². The monoisotopic (exact) mass is 431 g/mol. The summed E-state index contributed by atoms with van der Waals surface area (Å²) in [5.74, 6) is -0.807. The number of halogens is 1. The van der Waals surface area contributed by atoms with Gasteiger partial charge in [0, 0.05) is 6.42 Å². The van der Waals surface area contributed by atoms with Crippen molar-refractivity contribution in [2.45, 2.75) is 51.1 Å². The first kappa shape index (κ1) is 23.1. The summed E-state index contributed by atoms with van der Waals surface area (Å²) in [4.78, 5) is 26.0. The summed E-state index contributed by atoms with van der Waals surface area (Å²) in [5.41, 5.74) is -2.37. The third-order valence-electron chi connectivity index (χ3n) is 4.04. The molecule has 0 radical (unpaired) electrons. The van der Waals surface area contributed by atoms with Crippen LogP contribution in [0.15, 0.2) is 30.3 Å². The highest BCUT2D eigenvalue weighted by molar-refractivity contribution is 7.85. The normalized spacial score (nSPS) is 22.4. The highest BCUT2D eigenvalue weighted by atomic mass is 32.2. The van der Waals surface area contributed by atoms with Gasteiger partial charge < -0.3 is 9.47 Å². The largest absolute Gasteiger partial charge is 0.459 e. The summed E-state index contributed by atoms with van der Waals surface area (Å²) in [6.07, 6.45) is -0.559. The molecule has 0 aromatic heterocycles. The van der Waals surface area contributed by atoms with Gasteiger partial charge in [-0.1, -0.05) is 30.3 Å². The van der Waals surface area contributed by atoms with Crippen LogP contribution < -0.4 is 0 Å². The van der Waals surface area contributed by atoms with Gasteiger partial charge >= 0.3 is 12.1 Å². The molecule has 2 rings (SSSR count). The number of esters is 1. The fourth-order valence-electron chi connectivity index (χ4n) is 2.80. The van der Waals surface area contributed by atoms with Crippen molar-refractivity contribution < 1.29 is 36.1 Å². The van der Waals surface area contributed by atoms with Crippen molar-refractivity contribution in [2.24, 2.45) is 0 Å². The van der Waals surface area contributed by atoms with Crippen LogP contribution in [0, 0.1) is 0 Å². The smallest absolute Gasteiger partial charge is 0.411 e. The lowest BCUT2D eigenvalue weighted by atomic mass is 10.0. The first-order valence-corrected chi connectivity index (χ1v) is 10.8. The van der Waals surface area contributed by atoms with E-state index in [2.05, 4.69) is 4.18 Å². The first-order valence-electron chi connectivity index (χ1n) is 9.02. The molecule has 2 atom stereocenters. The summed E-state index contributed by atoms with van der Waals surface area (Å²) in [7, 11) is -3.89. The minimum atomic E-state index is -3.89. The number of carbonyl (C=O) groups is 2. The molecule has 1 fully saturated rings. The first-order chi connectivity index (χ1) is 13.3. The molecule has 1 aromatic rings. The van der Waals surface area contributed by atoms with Crippen molar-refractivity contribution in [3.63, 3.8) is 0 Å². The molecule has 29 heavy (non-hydrogen) atoms. The number of hydrogen-bond donors (Lipinski definition) is 0. The van der Waals surface area contributed by atoms with Crippen molar-refractivity contribution in [3.8, 4) is 0 Å². The molecule has 0 bridgehead atoms. The van der Waals surface area contributed by atoms with Crippen LogP contribution in [0.5, 0.6) is 0 Å². The van der Waals surface area contributed by atoms with Gasteiger partial charge in [-0.05, 0) is 26.3 Å². The van der Waals surface area contributed by atoms with Gasteiger partial charge in [0.2, 0.25) is 0 Å². The Morgan fingerprint density at radius 3 is 2.41 bits per heavy atom. The van der Waals surface area contributed by atoms with Gasteiger partial charge in [-0.2, -0.15) is 8.42 Å². The summed E-state index contributed by atoms with van der Waals surface area (Å²) >= 11 is 0. The maximum Gasteiger partial charge on any atom is 0.411 e. The highest BCUT2D eigenvalue weighted by Crippen LogP contribution is 2.33. The van der Waals surface area contributed by atoms with Crippen molar-refractivity contribution >= 4 is 22.2 Å². The van der Waals surface area contributed by atoms with Crippen molar-refractivity contribution in [1.82, 2.24) is 4.90 Å². The Kier molecular flexibility index (Phi) is 6.89. The zero-order chi connectivity index (χ0) is 21.9. The molecule has 1 aliphatic heterocycles. The van der Waals surface area contributed by atoms with Gasteiger partial charge in [-0.25, -0.2) is 14.0 Å². The molecule has 1 saturated heterocycles. The van der Waals surface area contributed by atoms with Crippen molar-refractivity contribution in [1.29, 1.82) is 0 Å². The molecule has 1 amide bonds. The molecular weight excluding hydrogens is 405 g/mol. The summed E-state index contributed by atoms with van der Waals surface area (Å²) in [5, 5.41) is 0. The Labute approximate surface area is 170 Å². The predicted molar refractivity (Wildman–Crippen MR) is 102 cm³/mol. The quantitative estimate of drug-likeness (QED) is 0.504. The van der Waals surface area contributed by atoms with E-state index >= 15 is 4.39 Å². The van der Waals surface area contributed by atoms with Crippen molar-refractivity contribution in [2.75, 3.05) is 19.4 Å². The van der Waals surface area contributed by atoms with E-state index in [1.807, 2.05) is 6.07 Å². The lowest BCUT2D eigenvalue weighted by Gasteiger charge is -2.27. The number of nitrogens with zero attached hydrogens (tertiary/aromatic N) is 1. The van der Waals surface area contributed by atoms with Gasteiger partial charge in [-0.15, -0.1) is 0 Å². The molecule has 0 aliphatic carbocycles. The van der Waals surface area contributed by atoms with Crippen molar-refractivity contribution in [3.05, 3.63) is 35.9 Å². The lowest BCUT2D eigenvalue weighted by Crippen LogP contribution is -2.44. The Morgan fingerprint density at radius 2 is 1.86 bits per heavy atom. The second-order valence-corrected chi connectivity index (χ2v) is 9.68. The highest BCUT2D eigenvalue weighted by Gasteiger charge is 2.52. The summed E-state index contributed by atoms with van der Waals surface area (Å²) in [6, 6.07) is 7.62. The Bertz CT molecular complexity index is 838. The molecule has 0 unspecified atom stereocenters. The summed E-state index contributed by atoms with van der Waals surface area (Å²) < 4.78 is 52.7. The Hall–Kier alpha value is -2.20. The van der Waals surface area contributed by atoms with E-state index in [0.29, 0.717) is 0 Å². The van der Waals surface area contributed by atoms with Crippen LogP contribution >= 0.6 is 0 Å². The van der Waals surface area contributed by atoms with Crippen LogP contribution in [-0.2, 0) is 35.2 Å². The van der Waals surface area contributed by atoms with Gasteiger partial charge in [0.15, 0.2) is 5.67 Å². The number of carbonyl (C=O) groups excluding carboxylic acids is 2. The molecule has 1 aromatic carbocycles. The maximum absolute atomic E-state index is 15.2. The predicted octanol–water partition coefficient (Wildman–Crippen LogP) is 2.42. The van der Waals surface area contributed by atoms with E-state index in [0.717, 1.165) is 16.7 Å². The number of amides is 1. The van der Waals surface area contributed by atoms with E-state index in [1.54, 1.807) is 45.0 Å². The zero-order valence-electron chi connectivity index (χ0n) is 16.9.